The molecule has 2 atom stereocenters. The zero-order chi connectivity index (χ0) is 26.6. The Bertz CT molecular complexity index is 1190. The highest BCUT2D eigenvalue weighted by Crippen LogP contribution is 2.30. The molecule has 3 rings (SSSR count). The first-order valence-electron chi connectivity index (χ1n) is 11.7. The molecule has 1 aromatic heterocycles. The Hall–Kier alpha value is -3.60. The molecule has 0 radical (unpaired) electrons. The van der Waals surface area contributed by atoms with Crippen molar-refractivity contribution >= 4 is 17.6 Å². The van der Waals surface area contributed by atoms with E-state index in [1.165, 1.54) is 47.7 Å². The number of carbonyl (C=O) groups excluding carboxylic acids is 3. The maximum Gasteiger partial charge on any atom is 0.312 e. The predicted octanol–water partition coefficient (Wildman–Crippen LogP) is 1.69. The highest BCUT2D eigenvalue weighted by atomic mass is 19.1. The molecule has 2 aromatic rings. The van der Waals surface area contributed by atoms with Crippen molar-refractivity contribution in [1.82, 2.24) is 19.4 Å². The number of nitrogens with zero attached hydrogens (tertiary/aromatic N) is 4. The molecular formula is C25H31FN4O6. The second-order valence-corrected chi connectivity index (χ2v) is 8.87. The van der Waals surface area contributed by atoms with Crippen LogP contribution in [0.2, 0.25) is 0 Å². The van der Waals surface area contributed by atoms with Crippen molar-refractivity contribution in [2.75, 3.05) is 27.7 Å². The summed E-state index contributed by atoms with van der Waals surface area (Å²) in [6, 6.07) is 4.88. The van der Waals surface area contributed by atoms with Gasteiger partial charge in [0.2, 0.25) is 5.75 Å². The molecule has 1 N–H and O–H groups in total. The number of likely N-dealkylation sites (N-methyl/N-ethyl adjacent to an activating group) is 2. The summed E-state index contributed by atoms with van der Waals surface area (Å²) in [5.74, 6) is -3.12. The molecule has 0 fully saturated rings. The SMILES string of the molecule is CCN(C(=O)C(=O)N(C)C)[C@@H]1CC[C@H](OC)Cn2c1nc(C(=O)CCc1ccc(F)cc1)c(O)c2=O. The minimum absolute atomic E-state index is 0.0686. The molecule has 0 aliphatic carbocycles. The van der Waals surface area contributed by atoms with Gasteiger partial charge in [0, 0.05) is 34.2 Å². The van der Waals surface area contributed by atoms with Gasteiger partial charge in [-0.3, -0.25) is 23.7 Å². The summed E-state index contributed by atoms with van der Waals surface area (Å²) in [7, 11) is 4.43. The maximum atomic E-state index is 13.2. The third kappa shape index (κ3) is 5.62. The Morgan fingerprint density at radius 1 is 1.17 bits per heavy atom. The predicted molar refractivity (Wildman–Crippen MR) is 128 cm³/mol. The topological polar surface area (TPSA) is 122 Å². The van der Waals surface area contributed by atoms with Crippen molar-refractivity contribution in [2.45, 2.75) is 51.3 Å². The van der Waals surface area contributed by atoms with Crippen LogP contribution in [0.5, 0.6) is 5.75 Å². The molecular weight excluding hydrogens is 471 g/mol. The summed E-state index contributed by atoms with van der Waals surface area (Å²) < 4.78 is 19.8. The quantitative estimate of drug-likeness (QED) is 0.452. The Labute approximate surface area is 208 Å². The number of ketones is 1. The zero-order valence-electron chi connectivity index (χ0n) is 20.9. The fraction of sp³-hybridized carbons (Fsp3) is 0.480. The number of benzene rings is 1. The lowest BCUT2D eigenvalue weighted by atomic mass is 10.0. The maximum absolute atomic E-state index is 13.2. The van der Waals surface area contributed by atoms with Gasteiger partial charge in [0.1, 0.15) is 11.6 Å². The number of hydrogen-bond donors (Lipinski definition) is 1. The van der Waals surface area contributed by atoms with Crippen LogP contribution in [0.25, 0.3) is 0 Å². The number of hydrogen-bond acceptors (Lipinski definition) is 7. The lowest BCUT2D eigenvalue weighted by Gasteiger charge is -2.31. The minimum Gasteiger partial charge on any atom is -0.501 e. The lowest BCUT2D eigenvalue weighted by Crippen LogP contribution is -2.45. The van der Waals surface area contributed by atoms with Crippen LogP contribution in [0.4, 0.5) is 4.39 Å². The molecule has 0 saturated heterocycles. The number of rotatable bonds is 7. The van der Waals surface area contributed by atoms with Gasteiger partial charge in [0.05, 0.1) is 18.7 Å². The second-order valence-electron chi connectivity index (χ2n) is 8.87. The van der Waals surface area contributed by atoms with Crippen molar-refractivity contribution in [3.8, 4) is 5.75 Å². The van der Waals surface area contributed by atoms with Gasteiger partial charge in [-0.1, -0.05) is 12.1 Å². The molecule has 1 aliphatic rings. The van der Waals surface area contributed by atoms with Crippen molar-refractivity contribution in [3.05, 3.63) is 57.5 Å². The number of halogens is 1. The number of aromatic hydroxyl groups is 1. The Balaban J connectivity index is 2.03. The van der Waals surface area contributed by atoms with Gasteiger partial charge in [-0.2, -0.15) is 0 Å². The van der Waals surface area contributed by atoms with Crippen molar-refractivity contribution in [3.63, 3.8) is 0 Å². The van der Waals surface area contributed by atoms with Crippen LogP contribution in [-0.4, -0.2) is 75.9 Å². The van der Waals surface area contributed by atoms with E-state index in [0.717, 1.165) is 0 Å². The Morgan fingerprint density at radius 3 is 2.42 bits per heavy atom. The van der Waals surface area contributed by atoms with Gasteiger partial charge in [-0.15, -0.1) is 0 Å². The van der Waals surface area contributed by atoms with Crippen LogP contribution in [0.15, 0.2) is 29.1 Å². The van der Waals surface area contributed by atoms with Gasteiger partial charge in [0.25, 0.3) is 5.56 Å². The van der Waals surface area contributed by atoms with Gasteiger partial charge < -0.3 is 19.6 Å². The molecule has 0 bridgehead atoms. The van der Waals surface area contributed by atoms with Gasteiger partial charge in [0.15, 0.2) is 11.5 Å². The first kappa shape index (κ1) is 27.0. The van der Waals surface area contributed by atoms with E-state index >= 15 is 0 Å². The number of aryl methyl sites for hydroxylation is 1. The van der Waals surface area contributed by atoms with E-state index in [4.69, 9.17) is 4.74 Å². The summed E-state index contributed by atoms with van der Waals surface area (Å²) in [6.45, 7) is 1.93. The number of fused-ring (bicyclic) bond motifs is 1. The molecule has 11 heteroatoms. The van der Waals surface area contributed by atoms with Crippen LogP contribution in [0, 0.1) is 5.82 Å². The van der Waals surface area contributed by atoms with E-state index in [1.54, 1.807) is 19.1 Å². The highest BCUT2D eigenvalue weighted by molar-refractivity contribution is 6.34. The average Bonchev–Trinajstić information content (AvgIpc) is 3.05. The van der Waals surface area contributed by atoms with E-state index in [-0.39, 0.29) is 31.8 Å². The second kappa shape index (κ2) is 11.4. The van der Waals surface area contributed by atoms with Crippen LogP contribution >= 0.6 is 0 Å². The van der Waals surface area contributed by atoms with E-state index in [0.29, 0.717) is 18.4 Å². The van der Waals surface area contributed by atoms with Crippen LogP contribution in [0.1, 0.15) is 54.1 Å². The molecule has 1 aromatic carbocycles. The van der Waals surface area contributed by atoms with Crippen LogP contribution < -0.4 is 5.56 Å². The molecule has 10 nitrogen and oxygen atoms in total. The van der Waals surface area contributed by atoms with Crippen LogP contribution in [0.3, 0.4) is 0 Å². The molecule has 2 amide bonds. The number of Topliss-reactive ketones (excluding diaryl/α,β-unsaturated/α-hetero) is 1. The molecule has 1 aliphatic heterocycles. The summed E-state index contributed by atoms with van der Waals surface area (Å²) in [5, 5.41) is 10.6. The van der Waals surface area contributed by atoms with Gasteiger partial charge >= 0.3 is 11.8 Å². The average molecular weight is 503 g/mol. The van der Waals surface area contributed by atoms with Gasteiger partial charge in [-0.25, -0.2) is 9.37 Å². The monoisotopic (exact) mass is 502 g/mol. The Kier molecular flexibility index (Phi) is 8.57. The minimum atomic E-state index is -0.818. The summed E-state index contributed by atoms with van der Waals surface area (Å²) in [4.78, 5) is 58.5. The molecule has 0 unspecified atom stereocenters. The van der Waals surface area contributed by atoms with Crippen molar-refractivity contribution in [1.29, 1.82) is 0 Å². The number of aromatic nitrogens is 2. The largest absolute Gasteiger partial charge is 0.501 e. The van der Waals surface area contributed by atoms with Crippen molar-refractivity contribution < 1.29 is 28.6 Å². The zero-order valence-corrected chi connectivity index (χ0v) is 20.9. The fourth-order valence-corrected chi connectivity index (χ4v) is 4.29. The molecule has 194 valence electrons. The third-order valence-electron chi connectivity index (χ3n) is 6.34. The summed E-state index contributed by atoms with van der Waals surface area (Å²) >= 11 is 0. The molecule has 0 saturated carbocycles. The lowest BCUT2D eigenvalue weighted by molar-refractivity contribution is -0.152. The fourth-order valence-electron chi connectivity index (χ4n) is 4.29. The first-order valence-corrected chi connectivity index (χ1v) is 11.7. The molecule has 2 heterocycles. The van der Waals surface area contributed by atoms with E-state index in [2.05, 4.69) is 4.98 Å². The number of carbonyl (C=O) groups is 3. The highest BCUT2D eigenvalue weighted by Gasteiger charge is 2.36. The van der Waals surface area contributed by atoms with E-state index < -0.39 is 52.6 Å². The molecule has 0 spiro atoms. The standard InChI is InChI=1S/C25H31FN4O6/c1-5-29(25(35)24(34)28(2)3)18-12-11-17(36-4)14-30-22(18)27-20(21(32)23(30)33)19(31)13-8-15-6-9-16(26)10-7-15/h6-7,9-10,17-18,32H,5,8,11-14H2,1-4H3/t17-,18+/m0/s1. The third-order valence-corrected chi connectivity index (χ3v) is 6.34. The summed E-state index contributed by atoms with van der Waals surface area (Å²) in [6.07, 6.45) is 0.573. The van der Waals surface area contributed by atoms with Crippen molar-refractivity contribution in [2.24, 2.45) is 0 Å². The number of amides is 2. The molecule has 36 heavy (non-hydrogen) atoms. The first-order chi connectivity index (χ1) is 17.1. The normalized spacial score (nSPS) is 17.1. The van der Waals surface area contributed by atoms with Gasteiger partial charge in [-0.05, 0) is 43.9 Å². The smallest absolute Gasteiger partial charge is 0.312 e. The number of methoxy groups -OCH3 is 1. The van der Waals surface area contributed by atoms with Crippen LogP contribution in [-0.2, 0) is 27.3 Å². The van der Waals surface area contributed by atoms with E-state index in [9.17, 15) is 28.7 Å². The number of ether oxygens (including phenoxy) is 1. The van der Waals surface area contributed by atoms with E-state index in [1.807, 2.05) is 0 Å². The summed E-state index contributed by atoms with van der Waals surface area (Å²) in [5.41, 5.74) is -0.500. The Morgan fingerprint density at radius 2 is 1.83 bits per heavy atom.